The van der Waals surface area contributed by atoms with E-state index < -0.39 is 0 Å². The van der Waals surface area contributed by atoms with Gasteiger partial charge in [0.1, 0.15) is 0 Å². The van der Waals surface area contributed by atoms with Gasteiger partial charge in [-0.3, -0.25) is 4.68 Å². The van der Waals surface area contributed by atoms with Crippen molar-refractivity contribution in [1.82, 2.24) is 24.7 Å². The highest BCUT2D eigenvalue weighted by Crippen LogP contribution is 2.19. The lowest BCUT2D eigenvalue weighted by Crippen LogP contribution is -1.98. The number of aromatic nitrogens is 5. The molecule has 0 radical (unpaired) electrons. The van der Waals surface area contributed by atoms with Gasteiger partial charge in [0.25, 0.3) is 0 Å². The van der Waals surface area contributed by atoms with Crippen LogP contribution >= 0.6 is 11.6 Å². The van der Waals surface area contributed by atoms with Gasteiger partial charge >= 0.3 is 12.0 Å². The first kappa shape index (κ1) is 10.6. The number of halogens is 1. The lowest BCUT2D eigenvalue weighted by atomic mass is 10.6. The topological polar surface area (TPSA) is 75.0 Å². The fraction of sp³-hybridized carbons (Fsp3) is 0.250. The molecule has 2 rings (SSSR count). The third-order valence-corrected chi connectivity index (χ3v) is 1.81. The molecule has 84 valence electrons. The average molecular weight is 242 g/mol. The lowest BCUT2D eigenvalue weighted by Gasteiger charge is -2.02. The minimum Gasteiger partial charge on any atom is -0.467 e. The predicted molar refractivity (Wildman–Crippen MR) is 54.7 cm³/mol. The van der Waals surface area contributed by atoms with E-state index in [1.165, 1.54) is 13.3 Å². The molecule has 0 aliphatic carbocycles. The molecule has 0 fully saturated rings. The monoisotopic (exact) mass is 241 g/mol. The summed E-state index contributed by atoms with van der Waals surface area (Å²) in [5, 5.41) is 3.94. The quantitative estimate of drug-likeness (QED) is 0.800. The molecular formula is C8H8ClN5O2. The number of hydrogen-bond acceptors (Lipinski definition) is 6. The highest BCUT2D eigenvalue weighted by molar-refractivity contribution is 6.28. The van der Waals surface area contributed by atoms with E-state index in [0.717, 1.165) is 0 Å². The van der Waals surface area contributed by atoms with Crippen molar-refractivity contribution in [2.45, 2.75) is 0 Å². The summed E-state index contributed by atoms with van der Waals surface area (Å²) in [4.78, 5) is 11.4. The molecule has 0 saturated carbocycles. The van der Waals surface area contributed by atoms with E-state index in [1.54, 1.807) is 17.9 Å². The van der Waals surface area contributed by atoms with Gasteiger partial charge in [-0.15, -0.1) is 4.98 Å². The standard InChI is InChI=1S/C8H8ClN5O2/c1-14-4-5(3-10-14)16-8-12-6(9)11-7(13-8)15-2/h3-4H,1-2H3. The van der Waals surface area contributed by atoms with Gasteiger partial charge in [0.15, 0.2) is 5.75 Å². The van der Waals surface area contributed by atoms with Gasteiger partial charge in [0.2, 0.25) is 5.28 Å². The molecule has 0 amide bonds. The van der Waals surface area contributed by atoms with E-state index in [9.17, 15) is 0 Å². The van der Waals surface area contributed by atoms with Gasteiger partial charge in [0, 0.05) is 7.05 Å². The lowest BCUT2D eigenvalue weighted by molar-refractivity contribution is 0.359. The molecule has 0 aliphatic rings. The summed E-state index contributed by atoms with van der Waals surface area (Å²) in [5.41, 5.74) is 0. The first-order chi connectivity index (χ1) is 7.67. The van der Waals surface area contributed by atoms with Crippen LogP contribution in [0.4, 0.5) is 0 Å². The molecule has 0 spiro atoms. The summed E-state index contributed by atoms with van der Waals surface area (Å²) in [6.07, 6.45) is 3.20. The summed E-state index contributed by atoms with van der Waals surface area (Å²) >= 11 is 5.66. The third-order valence-electron chi connectivity index (χ3n) is 1.64. The smallest absolute Gasteiger partial charge is 0.329 e. The van der Waals surface area contributed by atoms with Crippen molar-refractivity contribution in [3.63, 3.8) is 0 Å². The zero-order valence-electron chi connectivity index (χ0n) is 8.59. The minimum absolute atomic E-state index is 0.00532. The molecule has 0 aromatic carbocycles. The molecule has 8 heteroatoms. The van der Waals surface area contributed by atoms with E-state index in [1.807, 2.05) is 0 Å². The summed E-state index contributed by atoms with van der Waals surface area (Å²) in [7, 11) is 3.20. The van der Waals surface area contributed by atoms with Gasteiger partial charge < -0.3 is 9.47 Å². The molecule has 0 bridgehead atoms. The Morgan fingerprint density at radius 1 is 1.25 bits per heavy atom. The normalized spacial score (nSPS) is 10.2. The second kappa shape index (κ2) is 4.31. The zero-order chi connectivity index (χ0) is 11.5. The molecule has 0 atom stereocenters. The molecule has 0 saturated heterocycles. The molecule has 2 aromatic heterocycles. The third kappa shape index (κ3) is 2.37. The number of methoxy groups -OCH3 is 1. The van der Waals surface area contributed by atoms with Crippen LogP contribution in [0.3, 0.4) is 0 Å². The molecule has 7 nitrogen and oxygen atoms in total. The fourth-order valence-electron chi connectivity index (χ4n) is 1.01. The van der Waals surface area contributed by atoms with Crippen LogP contribution in [-0.2, 0) is 7.05 Å². The van der Waals surface area contributed by atoms with Crippen molar-refractivity contribution in [3.8, 4) is 17.8 Å². The molecular weight excluding hydrogens is 234 g/mol. The molecule has 0 N–H and O–H groups in total. The number of rotatable bonds is 3. The maximum Gasteiger partial charge on any atom is 0.329 e. The van der Waals surface area contributed by atoms with Crippen molar-refractivity contribution in [3.05, 3.63) is 17.7 Å². The van der Waals surface area contributed by atoms with Crippen LogP contribution < -0.4 is 9.47 Å². The predicted octanol–water partition coefficient (Wildman–Crippen LogP) is 1.06. The van der Waals surface area contributed by atoms with Gasteiger partial charge in [-0.05, 0) is 11.6 Å². The van der Waals surface area contributed by atoms with Crippen LogP contribution in [0.15, 0.2) is 12.4 Å². The second-order valence-corrected chi connectivity index (χ2v) is 3.16. The molecule has 0 aliphatic heterocycles. The molecule has 2 aromatic rings. The average Bonchev–Trinajstić information content (AvgIpc) is 2.63. The zero-order valence-corrected chi connectivity index (χ0v) is 9.34. The van der Waals surface area contributed by atoms with Gasteiger partial charge in [0.05, 0.1) is 19.5 Å². The first-order valence-electron chi connectivity index (χ1n) is 4.29. The van der Waals surface area contributed by atoms with Gasteiger partial charge in [-0.2, -0.15) is 15.1 Å². The Bertz CT molecular complexity index is 501. The summed E-state index contributed by atoms with van der Waals surface area (Å²) in [6, 6.07) is 0.156. The largest absolute Gasteiger partial charge is 0.467 e. The van der Waals surface area contributed by atoms with Crippen molar-refractivity contribution in [1.29, 1.82) is 0 Å². The molecule has 2 heterocycles. The maximum atomic E-state index is 5.66. The SMILES string of the molecule is COc1nc(Cl)nc(Oc2cnn(C)c2)n1. The van der Waals surface area contributed by atoms with Crippen molar-refractivity contribution < 1.29 is 9.47 Å². The Morgan fingerprint density at radius 2 is 2.00 bits per heavy atom. The highest BCUT2D eigenvalue weighted by Gasteiger charge is 2.08. The van der Waals surface area contributed by atoms with Crippen molar-refractivity contribution in [2.24, 2.45) is 7.05 Å². The van der Waals surface area contributed by atoms with Gasteiger partial charge in [-0.1, -0.05) is 0 Å². The Labute approximate surface area is 96.0 Å². The van der Waals surface area contributed by atoms with Crippen LogP contribution in [0.25, 0.3) is 0 Å². The van der Waals surface area contributed by atoms with Crippen molar-refractivity contribution >= 4 is 11.6 Å². The summed E-state index contributed by atoms with van der Waals surface area (Å²) < 4.78 is 11.7. The van der Waals surface area contributed by atoms with Crippen LogP contribution in [0.1, 0.15) is 0 Å². The molecule has 16 heavy (non-hydrogen) atoms. The fourth-order valence-corrected chi connectivity index (χ4v) is 1.15. The summed E-state index contributed by atoms with van der Waals surface area (Å²) in [6.45, 7) is 0. The van der Waals surface area contributed by atoms with E-state index in [-0.39, 0.29) is 17.3 Å². The Hall–Kier alpha value is -1.89. The summed E-state index contributed by atoms with van der Waals surface area (Å²) in [5.74, 6) is 0.506. The van der Waals surface area contributed by atoms with Crippen LogP contribution in [0.5, 0.6) is 17.8 Å². The maximum absolute atomic E-state index is 5.66. The first-order valence-corrected chi connectivity index (χ1v) is 4.67. The van der Waals surface area contributed by atoms with E-state index in [0.29, 0.717) is 5.75 Å². The van der Waals surface area contributed by atoms with E-state index in [2.05, 4.69) is 20.1 Å². The number of aryl methyl sites for hydroxylation is 1. The Morgan fingerprint density at radius 3 is 2.62 bits per heavy atom. The number of ether oxygens (including phenoxy) is 2. The van der Waals surface area contributed by atoms with Crippen LogP contribution in [0.2, 0.25) is 5.28 Å². The van der Waals surface area contributed by atoms with Crippen LogP contribution in [0, 0.1) is 0 Å². The number of nitrogens with zero attached hydrogens (tertiary/aromatic N) is 5. The van der Waals surface area contributed by atoms with Crippen molar-refractivity contribution in [2.75, 3.05) is 7.11 Å². The van der Waals surface area contributed by atoms with E-state index >= 15 is 0 Å². The Balaban J connectivity index is 2.24. The van der Waals surface area contributed by atoms with Crippen LogP contribution in [-0.4, -0.2) is 31.8 Å². The minimum atomic E-state index is 0.00532. The van der Waals surface area contributed by atoms with E-state index in [4.69, 9.17) is 21.1 Å². The second-order valence-electron chi connectivity index (χ2n) is 2.83. The highest BCUT2D eigenvalue weighted by atomic mass is 35.5. The Kier molecular flexibility index (Phi) is 2.86. The van der Waals surface area contributed by atoms with Gasteiger partial charge in [-0.25, -0.2) is 0 Å². The molecule has 0 unspecified atom stereocenters. The number of hydrogen-bond donors (Lipinski definition) is 0.